The fourth-order valence-corrected chi connectivity index (χ4v) is 3.11. The van der Waals surface area contributed by atoms with Crippen LogP contribution in [-0.2, 0) is 9.47 Å². The van der Waals surface area contributed by atoms with E-state index in [0.29, 0.717) is 6.04 Å². The van der Waals surface area contributed by atoms with Gasteiger partial charge in [0.1, 0.15) is 5.60 Å². The lowest BCUT2D eigenvalue weighted by Crippen LogP contribution is -2.57. The maximum absolute atomic E-state index is 12.2. The lowest BCUT2D eigenvalue weighted by atomic mass is 10.00. The zero-order chi connectivity index (χ0) is 15.7. The molecule has 0 N–H and O–H groups in total. The standard InChI is InChI=1S/C16H30N2O3/c1-15(2,3)21-14(19)17-8-6-7-13(11-17)18-9-10-20-16(4,5)12-18/h13H,6-12H2,1-5H3/t13-/m0/s1. The average molecular weight is 298 g/mol. The van der Waals surface area contributed by atoms with Crippen LogP contribution in [0, 0.1) is 0 Å². The summed E-state index contributed by atoms with van der Waals surface area (Å²) in [6.45, 7) is 14.2. The molecule has 2 heterocycles. The Labute approximate surface area is 128 Å². The van der Waals surface area contributed by atoms with Crippen LogP contribution in [0.2, 0.25) is 0 Å². The first-order valence-electron chi connectivity index (χ1n) is 8.02. The number of nitrogens with zero attached hydrogens (tertiary/aromatic N) is 2. The number of carbonyl (C=O) groups is 1. The summed E-state index contributed by atoms with van der Waals surface area (Å²) in [6.07, 6.45) is 2.01. The van der Waals surface area contributed by atoms with E-state index < -0.39 is 5.60 Å². The van der Waals surface area contributed by atoms with Crippen molar-refractivity contribution in [2.45, 2.75) is 64.7 Å². The molecule has 0 aromatic rings. The Kier molecular flexibility index (Phi) is 4.83. The van der Waals surface area contributed by atoms with Crippen LogP contribution >= 0.6 is 0 Å². The van der Waals surface area contributed by atoms with Crippen molar-refractivity contribution in [1.29, 1.82) is 0 Å². The summed E-state index contributed by atoms with van der Waals surface area (Å²) in [7, 11) is 0. The van der Waals surface area contributed by atoms with Crippen LogP contribution in [-0.4, -0.2) is 65.9 Å². The average Bonchev–Trinajstić information content (AvgIpc) is 2.36. The van der Waals surface area contributed by atoms with E-state index in [2.05, 4.69) is 18.7 Å². The van der Waals surface area contributed by atoms with Gasteiger partial charge in [0.2, 0.25) is 0 Å². The molecule has 122 valence electrons. The summed E-state index contributed by atoms with van der Waals surface area (Å²) in [4.78, 5) is 16.6. The maximum atomic E-state index is 12.2. The van der Waals surface area contributed by atoms with E-state index in [0.717, 1.165) is 45.6 Å². The number of carbonyl (C=O) groups excluding carboxylic acids is 1. The largest absolute Gasteiger partial charge is 0.444 e. The van der Waals surface area contributed by atoms with Gasteiger partial charge in [-0.15, -0.1) is 0 Å². The van der Waals surface area contributed by atoms with Gasteiger partial charge in [0.25, 0.3) is 0 Å². The van der Waals surface area contributed by atoms with Gasteiger partial charge in [0, 0.05) is 32.2 Å². The molecule has 5 nitrogen and oxygen atoms in total. The monoisotopic (exact) mass is 298 g/mol. The summed E-state index contributed by atoms with van der Waals surface area (Å²) >= 11 is 0. The van der Waals surface area contributed by atoms with Crippen LogP contribution in [0.5, 0.6) is 0 Å². The fraction of sp³-hybridized carbons (Fsp3) is 0.938. The van der Waals surface area contributed by atoms with Gasteiger partial charge in [0.05, 0.1) is 12.2 Å². The van der Waals surface area contributed by atoms with E-state index in [-0.39, 0.29) is 11.7 Å². The Morgan fingerprint density at radius 1 is 1.29 bits per heavy atom. The zero-order valence-electron chi connectivity index (χ0n) is 14.1. The molecule has 0 aromatic carbocycles. The normalized spacial score (nSPS) is 27.5. The van der Waals surface area contributed by atoms with Crippen molar-refractivity contribution >= 4 is 6.09 Å². The summed E-state index contributed by atoms with van der Waals surface area (Å²) < 4.78 is 11.3. The first kappa shape index (κ1) is 16.6. The quantitative estimate of drug-likeness (QED) is 0.746. The first-order valence-corrected chi connectivity index (χ1v) is 8.02. The number of piperidine rings is 1. The van der Waals surface area contributed by atoms with E-state index in [1.165, 1.54) is 0 Å². The predicted molar refractivity (Wildman–Crippen MR) is 82.4 cm³/mol. The number of ether oxygens (including phenoxy) is 2. The molecule has 2 saturated heterocycles. The Balaban J connectivity index is 1.93. The highest BCUT2D eigenvalue weighted by atomic mass is 16.6. The molecule has 0 radical (unpaired) electrons. The van der Waals surface area contributed by atoms with Gasteiger partial charge in [-0.25, -0.2) is 4.79 Å². The number of hydrogen-bond donors (Lipinski definition) is 0. The molecule has 21 heavy (non-hydrogen) atoms. The highest BCUT2D eigenvalue weighted by molar-refractivity contribution is 5.68. The third-order valence-electron chi connectivity index (χ3n) is 4.02. The molecule has 0 aliphatic carbocycles. The van der Waals surface area contributed by atoms with Crippen LogP contribution in [0.25, 0.3) is 0 Å². The van der Waals surface area contributed by atoms with Crippen molar-refractivity contribution in [2.75, 3.05) is 32.8 Å². The van der Waals surface area contributed by atoms with Gasteiger partial charge < -0.3 is 14.4 Å². The topological polar surface area (TPSA) is 42.0 Å². The molecule has 0 unspecified atom stereocenters. The van der Waals surface area contributed by atoms with Crippen molar-refractivity contribution in [3.8, 4) is 0 Å². The summed E-state index contributed by atoms with van der Waals surface area (Å²) in [5, 5.41) is 0. The van der Waals surface area contributed by atoms with Gasteiger partial charge >= 0.3 is 6.09 Å². The third kappa shape index (κ3) is 4.85. The van der Waals surface area contributed by atoms with Crippen LogP contribution in [0.3, 0.4) is 0 Å². The first-order chi connectivity index (χ1) is 9.66. The van der Waals surface area contributed by atoms with Crippen LogP contribution in [0.4, 0.5) is 4.79 Å². The molecule has 0 bridgehead atoms. The van der Waals surface area contributed by atoms with E-state index in [1.807, 2.05) is 25.7 Å². The Morgan fingerprint density at radius 2 is 2.00 bits per heavy atom. The van der Waals surface area contributed by atoms with Gasteiger partial charge in [0.15, 0.2) is 0 Å². The molecule has 5 heteroatoms. The minimum atomic E-state index is -0.426. The molecule has 2 rings (SSSR count). The second-order valence-electron chi connectivity index (χ2n) is 7.80. The summed E-state index contributed by atoms with van der Waals surface area (Å²) in [5.41, 5.74) is -0.516. The van der Waals surface area contributed by atoms with Gasteiger partial charge in [-0.3, -0.25) is 4.90 Å². The highest BCUT2D eigenvalue weighted by Gasteiger charge is 2.35. The molecule has 2 fully saturated rings. The molecule has 0 aromatic heterocycles. The third-order valence-corrected chi connectivity index (χ3v) is 4.02. The summed E-state index contributed by atoms with van der Waals surface area (Å²) in [5.74, 6) is 0. The number of morpholine rings is 1. The summed E-state index contributed by atoms with van der Waals surface area (Å²) in [6, 6.07) is 0.425. The molecular formula is C16H30N2O3. The predicted octanol–water partition coefficient (Wildman–Crippen LogP) is 2.50. The van der Waals surface area contributed by atoms with Gasteiger partial charge in [-0.2, -0.15) is 0 Å². The Hall–Kier alpha value is -0.810. The van der Waals surface area contributed by atoms with Crippen LogP contribution in [0.15, 0.2) is 0 Å². The number of amides is 1. The lowest BCUT2D eigenvalue weighted by molar-refractivity contribution is -0.103. The van der Waals surface area contributed by atoms with Gasteiger partial charge in [-0.1, -0.05) is 0 Å². The van der Waals surface area contributed by atoms with Crippen LogP contribution in [0.1, 0.15) is 47.5 Å². The maximum Gasteiger partial charge on any atom is 0.410 e. The van der Waals surface area contributed by atoms with Crippen molar-refractivity contribution < 1.29 is 14.3 Å². The van der Waals surface area contributed by atoms with Crippen molar-refractivity contribution in [3.63, 3.8) is 0 Å². The fourth-order valence-electron chi connectivity index (χ4n) is 3.11. The number of rotatable bonds is 1. The van der Waals surface area contributed by atoms with E-state index >= 15 is 0 Å². The smallest absolute Gasteiger partial charge is 0.410 e. The van der Waals surface area contributed by atoms with Crippen molar-refractivity contribution in [2.24, 2.45) is 0 Å². The molecule has 1 amide bonds. The molecule has 0 spiro atoms. The number of hydrogen-bond acceptors (Lipinski definition) is 4. The second-order valence-corrected chi connectivity index (χ2v) is 7.80. The van der Waals surface area contributed by atoms with Crippen molar-refractivity contribution in [1.82, 2.24) is 9.80 Å². The van der Waals surface area contributed by atoms with Crippen LogP contribution < -0.4 is 0 Å². The SMILES string of the molecule is CC(C)(C)OC(=O)N1CCC[C@H](N2CCOC(C)(C)C2)C1. The second kappa shape index (κ2) is 6.13. The minimum Gasteiger partial charge on any atom is -0.444 e. The van der Waals surface area contributed by atoms with Gasteiger partial charge in [-0.05, 0) is 47.5 Å². The Bertz CT molecular complexity index is 376. The molecule has 2 aliphatic heterocycles. The van der Waals surface area contributed by atoms with Crippen molar-refractivity contribution in [3.05, 3.63) is 0 Å². The highest BCUT2D eigenvalue weighted by Crippen LogP contribution is 2.24. The molecular weight excluding hydrogens is 268 g/mol. The van der Waals surface area contributed by atoms with E-state index in [9.17, 15) is 4.79 Å². The molecule has 2 aliphatic rings. The van der Waals surface area contributed by atoms with E-state index in [4.69, 9.17) is 9.47 Å². The lowest BCUT2D eigenvalue weighted by Gasteiger charge is -2.45. The minimum absolute atomic E-state index is 0.0908. The van der Waals surface area contributed by atoms with E-state index in [1.54, 1.807) is 0 Å². The zero-order valence-corrected chi connectivity index (χ0v) is 14.1. The number of likely N-dealkylation sites (tertiary alicyclic amines) is 1. The molecule has 1 atom stereocenters. The molecule has 0 saturated carbocycles. The Morgan fingerprint density at radius 3 is 2.62 bits per heavy atom.